The molecule has 2 aliphatic rings. The number of fused-ring (bicyclic) bond motifs is 1. The van der Waals surface area contributed by atoms with Crippen LogP contribution in [0, 0.1) is 6.92 Å². The van der Waals surface area contributed by atoms with Crippen LogP contribution in [0.15, 0.2) is 48.5 Å². The molecule has 25 heavy (non-hydrogen) atoms. The zero-order valence-corrected chi connectivity index (χ0v) is 14.3. The van der Waals surface area contributed by atoms with Crippen molar-refractivity contribution in [2.45, 2.75) is 6.92 Å². The molecule has 2 aliphatic heterocycles. The maximum absolute atomic E-state index is 12.3. The Morgan fingerprint density at radius 1 is 0.920 bits per heavy atom. The highest BCUT2D eigenvalue weighted by atomic mass is 16.2. The first-order chi connectivity index (χ1) is 12.1. The number of Topliss-reactive ketones (excluding diaryl/α,β-unsaturated/α-hetero) is 1. The fraction of sp³-hybridized carbons (Fsp3) is 0.300. The fourth-order valence-electron chi connectivity index (χ4n) is 3.56. The second-order valence-electron chi connectivity index (χ2n) is 6.66. The van der Waals surface area contributed by atoms with Gasteiger partial charge in [-0.15, -0.1) is 0 Å². The molecule has 2 aromatic rings. The molecule has 0 aromatic heterocycles. The van der Waals surface area contributed by atoms with Crippen molar-refractivity contribution in [2.24, 2.45) is 0 Å². The van der Waals surface area contributed by atoms with E-state index in [1.54, 1.807) is 17.0 Å². The smallest absolute Gasteiger partial charge is 0.300 e. The predicted molar refractivity (Wildman–Crippen MR) is 98.1 cm³/mol. The predicted octanol–water partition coefficient (Wildman–Crippen LogP) is 2.30. The van der Waals surface area contributed by atoms with E-state index in [9.17, 15) is 9.59 Å². The van der Waals surface area contributed by atoms with Crippen molar-refractivity contribution in [3.8, 4) is 0 Å². The first kappa shape index (κ1) is 15.8. The Kier molecular flexibility index (Phi) is 4.01. The van der Waals surface area contributed by atoms with Gasteiger partial charge in [0.25, 0.3) is 5.78 Å². The molecule has 0 bridgehead atoms. The molecule has 5 heteroatoms. The molecule has 0 spiro atoms. The third-order valence-electron chi connectivity index (χ3n) is 4.96. The summed E-state index contributed by atoms with van der Waals surface area (Å²) in [6.07, 6.45) is 0. The lowest BCUT2D eigenvalue weighted by Gasteiger charge is -2.37. The summed E-state index contributed by atoms with van der Waals surface area (Å²) in [6.45, 7) is 6.15. The highest BCUT2D eigenvalue weighted by Gasteiger charge is 2.36. The van der Waals surface area contributed by atoms with Crippen LogP contribution in [0.2, 0.25) is 0 Å². The normalized spacial score (nSPS) is 18.0. The van der Waals surface area contributed by atoms with Crippen LogP contribution >= 0.6 is 0 Å². The second kappa shape index (κ2) is 6.33. The number of benzene rings is 2. The third-order valence-corrected chi connectivity index (χ3v) is 4.96. The van der Waals surface area contributed by atoms with E-state index in [1.807, 2.05) is 12.1 Å². The van der Waals surface area contributed by atoms with Gasteiger partial charge in [0.05, 0.1) is 17.9 Å². The maximum atomic E-state index is 12.3. The SMILES string of the molecule is Cc1cccc(N2CCN(CN3C(=O)C(=O)c4ccccc43)CC2)c1. The average Bonchev–Trinajstić information content (AvgIpc) is 2.88. The van der Waals surface area contributed by atoms with E-state index in [0.717, 1.165) is 31.9 Å². The van der Waals surface area contributed by atoms with Gasteiger partial charge in [-0.3, -0.25) is 19.4 Å². The number of hydrogen-bond donors (Lipinski definition) is 0. The second-order valence-corrected chi connectivity index (χ2v) is 6.66. The lowest BCUT2D eigenvalue weighted by molar-refractivity contribution is -0.114. The minimum atomic E-state index is -0.415. The van der Waals surface area contributed by atoms with Crippen LogP contribution in [-0.4, -0.2) is 49.4 Å². The van der Waals surface area contributed by atoms with Gasteiger partial charge < -0.3 is 4.90 Å². The van der Waals surface area contributed by atoms with Gasteiger partial charge in [0.1, 0.15) is 0 Å². The van der Waals surface area contributed by atoms with Crippen molar-refractivity contribution in [1.82, 2.24) is 4.90 Å². The summed E-state index contributed by atoms with van der Waals surface area (Å²) < 4.78 is 0. The maximum Gasteiger partial charge on any atom is 0.300 e. The quantitative estimate of drug-likeness (QED) is 0.808. The minimum absolute atomic E-state index is 0.394. The van der Waals surface area contributed by atoms with Gasteiger partial charge in [0.15, 0.2) is 0 Å². The van der Waals surface area contributed by atoms with Crippen LogP contribution in [0.4, 0.5) is 11.4 Å². The van der Waals surface area contributed by atoms with E-state index in [1.165, 1.54) is 11.3 Å². The number of anilines is 2. The van der Waals surface area contributed by atoms with Crippen LogP contribution in [0.3, 0.4) is 0 Å². The van der Waals surface area contributed by atoms with Gasteiger partial charge >= 0.3 is 5.91 Å². The van der Waals surface area contributed by atoms with E-state index in [2.05, 4.69) is 41.0 Å². The lowest BCUT2D eigenvalue weighted by atomic mass is 10.1. The van der Waals surface area contributed by atoms with Crippen LogP contribution in [0.25, 0.3) is 0 Å². The summed E-state index contributed by atoms with van der Waals surface area (Å²) in [5, 5.41) is 0. The molecular formula is C20H21N3O2. The van der Waals surface area contributed by atoms with Gasteiger partial charge in [-0.2, -0.15) is 0 Å². The summed E-state index contributed by atoms with van der Waals surface area (Å²) >= 11 is 0. The molecule has 0 saturated carbocycles. The van der Waals surface area contributed by atoms with Crippen LogP contribution in [0.1, 0.15) is 15.9 Å². The molecule has 2 aromatic carbocycles. The lowest BCUT2D eigenvalue weighted by Crippen LogP contribution is -2.51. The van der Waals surface area contributed by atoms with Gasteiger partial charge in [-0.25, -0.2) is 0 Å². The Balaban J connectivity index is 1.42. The summed E-state index contributed by atoms with van der Waals surface area (Å²) in [5.74, 6) is -0.809. The van der Waals surface area contributed by atoms with E-state index in [0.29, 0.717) is 12.2 Å². The Hall–Kier alpha value is -2.66. The first-order valence-corrected chi connectivity index (χ1v) is 8.63. The van der Waals surface area contributed by atoms with E-state index >= 15 is 0 Å². The van der Waals surface area contributed by atoms with Crippen molar-refractivity contribution in [3.05, 3.63) is 59.7 Å². The van der Waals surface area contributed by atoms with Crippen molar-refractivity contribution < 1.29 is 9.59 Å². The Morgan fingerprint density at radius 3 is 2.44 bits per heavy atom. The average molecular weight is 335 g/mol. The molecular weight excluding hydrogens is 314 g/mol. The minimum Gasteiger partial charge on any atom is -0.369 e. The number of piperazine rings is 1. The van der Waals surface area contributed by atoms with Gasteiger partial charge in [0.2, 0.25) is 0 Å². The summed E-state index contributed by atoms with van der Waals surface area (Å²) in [6, 6.07) is 15.8. The molecule has 128 valence electrons. The Bertz CT molecular complexity index is 825. The van der Waals surface area contributed by atoms with Crippen LogP contribution < -0.4 is 9.80 Å². The zero-order chi connectivity index (χ0) is 17.4. The third kappa shape index (κ3) is 2.91. The molecule has 0 atom stereocenters. The van der Waals surface area contributed by atoms with Gasteiger partial charge in [-0.1, -0.05) is 24.3 Å². The van der Waals surface area contributed by atoms with Gasteiger partial charge in [-0.05, 0) is 36.8 Å². The highest BCUT2D eigenvalue weighted by Crippen LogP contribution is 2.29. The summed E-state index contributed by atoms with van der Waals surface area (Å²) in [5.41, 5.74) is 3.76. The summed E-state index contributed by atoms with van der Waals surface area (Å²) in [7, 11) is 0. The monoisotopic (exact) mass is 335 g/mol. The fourth-order valence-corrected chi connectivity index (χ4v) is 3.56. The van der Waals surface area contributed by atoms with Crippen LogP contribution in [-0.2, 0) is 4.79 Å². The molecule has 1 amide bonds. The molecule has 5 nitrogen and oxygen atoms in total. The van der Waals surface area contributed by atoms with Crippen molar-refractivity contribution in [1.29, 1.82) is 0 Å². The number of ketones is 1. The number of amides is 1. The zero-order valence-electron chi connectivity index (χ0n) is 14.3. The Labute approximate surface area is 147 Å². The molecule has 0 N–H and O–H groups in total. The van der Waals surface area contributed by atoms with Crippen molar-refractivity contribution in [3.63, 3.8) is 0 Å². The van der Waals surface area contributed by atoms with Crippen molar-refractivity contribution in [2.75, 3.05) is 42.6 Å². The Morgan fingerprint density at radius 2 is 1.68 bits per heavy atom. The molecule has 0 radical (unpaired) electrons. The number of carbonyl (C=O) groups is 2. The van der Waals surface area contributed by atoms with Gasteiger partial charge in [0, 0.05) is 31.9 Å². The highest BCUT2D eigenvalue weighted by molar-refractivity contribution is 6.52. The number of rotatable bonds is 3. The first-order valence-electron chi connectivity index (χ1n) is 8.63. The molecule has 4 rings (SSSR count). The van der Waals surface area contributed by atoms with E-state index in [-0.39, 0.29) is 0 Å². The number of nitrogens with zero attached hydrogens (tertiary/aromatic N) is 3. The molecule has 0 unspecified atom stereocenters. The van der Waals surface area contributed by atoms with Crippen LogP contribution in [0.5, 0.6) is 0 Å². The molecule has 2 heterocycles. The topological polar surface area (TPSA) is 43.9 Å². The number of aryl methyl sites for hydroxylation is 1. The van der Waals surface area contributed by atoms with Crippen molar-refractivity contribution >= 4 is 23.1 Å². The molecule has 1 saturated heterocycles. The standard InChI is InChI=1S/C20H21N3O2/c1-15-5-4-6-16(13-15)22-11-9-21(10-12-22)14-23-18-8-3-2-7-17(18)19(24)20(23)25/h2-8,13H,9-12,14H2,1H3. The number of para-hydroxylation sites is 1. The number of carbonyl (C=O) groups excluding carboxylic acids is 2. The summed E-state index contributed by atoms with van der Waals surface area (Å²) in [4.78, 5) is 30.6. The largest absolute Gasteiger partial charge is 0.369 e. The molecule has 0 aliphatic carbocycles. The van der Waals surface area contributed by atoms with E-state index < -0.39 is 11.7 Å². The number of hydrogen-bond acceptors (Lipinski definition) is 4. The van der Waals surface area contributed by atoms with E-state index in [4.69, 9.17) is 0 Å². The molecule has 1 fully saturated rings.